The summed E-state index contributed by atoms with van der Waals surface area (Å²) in [5.74, 6) is -0.0540. The van der Waals surface area contributed by atoms with Crippen molar-refractivity contribution in [2.45, 2.75) is 6.36 Å². The number of ether oxygens (including phenoxy) is 1. The summed E-state index contributed by atoms with van der Waals surface area (Å²) in [5, 5.41) is 0.447. The van der Waals surface area contributed by atoms with Crippen molar-refractivity contribution in [1.82, 2.24) is 9.97 Å². The summed E-state index contributed by atoms with van der Waals surface area (Å²) in [6.45, 7) is 0. The van der Waals surface area contributed by atoms with E-state index in [0.29, 0.717) is 16.5 Å². The molecule has 0 saturated heterocycles. The summed E-state index contributed by atoms with van der Waals surface area (Å²) in [4.78, 5) is 18.9. The molecule has 1 heterocycles. The second kappa shape index (κ2) is 5.18. The molecule has 0 amide bonds. The zero-order valence-electron chi connectivity index (χ0n) is 11.0. The van der Waals surface area contributed by atoms with E-state index in [1.54, 1.807) is 24.3 Å². The Hall–Kier alpha value is -2.83. The number of benzene rings is 2. The molecule has 4 nitrogen and oxygen atoms in total. The van der Waals surface area contributed by atoms with E-state index in [1.165, 1.54) is 12.1 Å². The molecule has 0 bridgehead atoms. The van der Waals surface area contributed by atoms with Gasteiger partial charge in [-0.05, 0) is 36.4 Å². The van der Waals surface area contributed by atoms with Crippen LogP contribution in [0.4, 0.5) is 13.2 Å². The predicted octanol–water partition coefficient (Wildman–Crippen LogP) is 3.49. The SMILES string of the molecule is O=c1[nH]c(-c2ccc(OC(F)(F)F)cc2)nc2ccccc12. The number of aromatic amines is 1. The van der Waals surface area contributed by atoms with Crippen molar-refractivity contribution >= 4 is 10.9 Å². The lowest BCUT2D eigenvalue weighted by atomic mass is 10.2. The molecule has 3 aromatic rings. The van der Waals surface area contributed by atoms with Gasteiger partial charge in [0.1, 0.15) is 11.6 Å². The maximum Gasteiger partial charge on any atom is 0.573 e. The van der Waals surface area contributed by atoms with Gasteiger partial charge in [-0.25, -0.2) is 4.98 Å². The van der Waals surface area contributed by atoms with Crippen LogP contribution in [0.25, 0.3) is 22.3 Å². The average Bonchev–Trinajstić information content (AvgIpc) is 2.46. The van der Waals surface area contributed by atoms with Crippen LogP contribution in [0.5, 0.6) is 5.75 Å². The predicted molar refractivity (Wildman–Crippen MR) is 74.5 cm³/mol. The number of fused-ring (bicyclic) bond motifs is 1. The number of aromatic nitrogens is 2. The van der Waals surface area contributed by atoms with Gasteiger partial charge >= 0.3 is 6.36 Å². The van der Waals surface area contributed by atoms with E-state index >= 15 is 0 Å². The molecule has 0 aliphatic rings. The molecule has 1 N–H and O–H groups in total. The zero-order valence-corrected chi connectivity index (χ0v) is 11.0. The molecule has 0 spiro atoms. The van der Waals surface area contributed by atoms with Crippen LogP contribution in [0.2, 0.25) is 0 Å². The summed E-state index contributed by atoms with van der Waals surface area (Å²) < 4.78 is 40.1. The third-order valence-electron chi connectivity index (χ3n) is 2.97. The highest BCUT2D eigenvalue weighted by molar-refractivity contribution is 5.79. The Balaban J connectivity index is 1.99. The van der Waals surface area contributed by atoms with E-state index in [1.807, 2.05) is 0 Å². The van der Waals surface area contributed by atoms with Crippen LogP contribution >= 0.6 is 0 Å². The fourth-order valence-corrected chi connectivity index (χ4v) is 2.04. The first-order valence-electron chi connectivity index (χ1n) is 6.28. The van der Waals surface area contributed by atoms with Crippen LogP contribution in [0.15, 0.2) is 53.3 Å². The van der Waals surface area contributed by atoms with Gasteiger partial charge in [-0.15, -0.1) is 13.2 Å². The van der Waals surface area contributed by atoms with Crippen molar-refractivity contribution < 1.29 is 17.9 Å². The van der Waals surface area contributed by atoms with Gasteiger partial charge in [-0.1, -0.05) is 12.1 Å². The molecule has 3 rings (SSSR count). The molecule has 0 aliphatic carbocycles. The van der Waals surface area contributed by atoms with E-state index in [4.69, 9.17) is 0 Å². The van der Waals surface area contributed by atoms with Crippen molar-refractivity contribution in [2.24, 2.45) is 0 Å². The molecular weight excluding hydrogens is 297 g/mol. The molecule has 0 atom stereocenters. The third-order valence-corrected chi connectivity index (χ3v) is 2.97. The van der Waals surface area contributed by atoms with Crippen LogP contribution in [0.1, 0.15) is 0 Å². The standard InChI is InChI=1S/C15H9F3N2O2/c16-15(17,18)22-10-7-5-9(6-8-10)13-19-12-4-2-1-3-11(12)14(21)20-13/h1-8H,(H,19,20,21). The molecule has 1 aromatic heterocycles. The number of hydrogen-bond donors (Lipinski definition) is 1. The fraction of sp³-hybridized carbons (Fsp3) is 0.0667. The normalized spacial score (nSPS) is 11.6. The Morgan fingerprint density at radius 2 is 1.68 bits per heavy atom. The second-order valence-corrected chi connectivity index (χ2v) is 4.50. The first-order chi connectivity index (χ1) is 10.4. The van der Waals surface area contributed by atoms with Crippen molar-refractivity contribution in [3.05, 3.63) is 58.9 Å². The molecule has 0 aliphatic heterocycles. The van der Waals surface area contributed by atoms with Gasteiger partial charge in [0.25, 0.3) is 5.56 Å². The summed E-state index contributed by atoms with van der Waals surface area (Å²) in [6.07, 6.45) is -4.74. The zero-order chi connectivity index (χ0) is 15.7. The van der Waals surface area contributed by atoms with E-state index in [2.05, 4.69) is 14.7 Å². The van der Waals surface area contributed by atoms with Crippen molar-refractivity contribution in [1.29, 1.82) is 0 Å². The highest BCUT2D eigenvalue weighted by Crippen LogP contribution is 2.25. The van der Waals surface area contributed by atoms with Crippen molar-refractivity contribution in [3.63, 3.8) is 0 Å². The largest absolute Gasteiger partial charge is 0.573 e. The van der Waals surface area contributed by atoms with Crippen LogP contribution in [-0.4, -0.2) is 16.3 Å². The first kappa shape index (κ1) is 14.1. The maximum atomic E-state index is 12.1. The van der Waals surface area contributed by atoms with Crippen molar-refractivity contribution in [3.8, 4) is 17.1 Å². The Bertz CT molecular complexity index is 870. The molecule has 7 heteroatoms. The van der Waals surface area contributed by atoms with E-state index in [0.717, 1.165) is 12.1 Å². The van der Waals surface area contributed by atoms with Gasteiger partial charge < -0.3 is 9.72 Å². The topological polar surface area (TPSA) is 55.0 Å². The van der Waals surface area contributed by atoms with E-state index in [-0.39, 0.29) is 17.1 Å². The summed E-state index contributed by atoms with van der Waals surface area (Å²) in [7, 11) is 0. The summed E-state index contributed by atoms with van der Waals surface area (Å²) in [6, 6.07) is 11.9. The molecule has 0 fully saturated rings. The minimum absolute atomic E-state index is 0.280. The number of hydrogen-bond acceptors (Lipinski definition) is 3. The smallest absolute Gasteiger partial charge is 0.406 e. The van der Waals surface area contributed by atoms with Gasteiger partial charge in [-0.2, -0.15) is 0 Å². The number of nitrogens with zero attached hydrogens (tertiary/aromatic N) is 1. The number of H-pyrrole nitrogens is 1. The van der Waals surface area contributed by atoms with Crippen LogP contribution in [0, 0.1) is 0 Å². The average molecular weight is 306 g/mol. The van der Waals surface area contributed by atoms with Gasteiger partial charge in [0.05, 0.1) is 10.9 Å². The summed E-state index contributed by atoms with van der Waals surface area (Å²) >= 11 is 0. The van der Waals surface area contributed by atoms with Crippen LogP contribution < -0.4 is 10.3 Å². The molecule has 0 saturated carbocycles. The van der Waals surface area contributed by atoms with Crippen LogP contribution in [0.3, 0.4) is 0 Å². The fourth-order valence-electron chi connectivity index (χ4n) is 2.04. The number of halogens is 3. The highest BCUT2D eigenvalue weighted by atomic mass is 19.4. The first-order valence-corrected chi connectivity index (χ1v) is 6.28. The van der Waals surface area contributed by atoms with Gasteiger partial charge in [-0.3, -0.25) is 4.79 Å². The Morgan fingerprint density at radius 3 is 2.36 bits per heavy atom. The molecule has 112 valence electrons. The van der Waals surface area contributed by atoms with E-state index in [9.17, 15) is 18.0 Å². The van der Waals surface area contributed by atoms with Gasteiger partial charge in [0.2, 0.25) is 0 Å². The van der Waals surface area contributed by atoms with Crippen LogP contribution in [-0.2, 0) is 0 Å². The Kier molecular flexibility index (Phi) is 3.32. The maximum absolute atomic E-state index is 12.1. The lowest BCUT2D eigenvalue weighted by molar-refractivity contribution is -0.274. The third kappa shape index (κ3) is 2.93. The molecule has 0 radical (unpaired) electrons. The second-order valence-electron chi connectivity index (χ2n) is 4.50. The lowest BCUT2D eigenvalue weighted by Gasteiger charge is -2.09. The number of para-hydroxylation sites is 1. The Morgan fingerprint density at radius 1 is 1.00 bits per heavy atom. The minimum Gasteiger partial charge on any atom is -0.406 e. The Labute approximate surface area is 122 Å². The summed E-state index contributed by atoms with van der Waals surface area (Å²) in [5.41, 5.74) is 0.686. The highest BCUT2D eigenvalue weighted by Gasteiger charge is 2.30. The number of nitrogens with one attached hydrogen (secondary N) is 1. The minimum atomic E-state index is -4.74. The number of alkyl halides is 3. The monoisotopic (exact) mass is 306 g/mol. The molecule has 22 heavy (non-hydrogen) atoms. The quantitative estimate of drug-likeness (QED) is 0.788. The molecular formula is C15H9F3N2O2. The van der Waals surface area contributed by atoms with Crippen molar-refractivity contribution in [2.75, 3.05) is 0 Å². The molecule has 2 aromatic carbocycles. The lowest BCUT2D eigenvalue weighted by Crippen LogP contribution is -2.17. The number of rotatable bonds is 2. The van der Waals surface area contributed by atoms with Gasteiger partial charge in [0, 0.05) is 5.56 Å². The van der Waals surface area contributed by atoms with E-state index < -0.39 is 6.36 Å². The van der Waals surface area contributed by atoms with Gasteiger partial charge in [0.15, 0.2) is 0 Å². The molecule has 0 unspecified atom stereocenters.